The van der Waals surface area contributed by atoms with Crippen LogP contribution in [0.5, 0.6) is 0 Å². The summed E-state index contributed by atoms with van der Waals surface area (Å²) in [5.41, 5.74) is 0. The van der Waals surface area contributed by atoms with Crippen LogP contribution in [0.15, 0.2) is 12.2 Å². The van der Waals surface area contributed by atoms with Crippen LogP contribution < -0.4 is 0 Å². The number of nitrogens with zero attached hydrogens (tertiary/aromatic N) is 1. The summed E-state index contributed by atoms with van der Waals surface area (Å²) in [6.45, 7) is 3.46. The number of unbranched alkanes of at least 4 members (excludes halogenated alkanes) is 9. The van der Waals surface area contributed by atoms with Gasteiger partial charge in [0.15, 0.2) is 0 Å². The topological polar surface area (TPSA) is 3.24 Å². The van der Waals surface area contributed by atoms with E-state index in [1.165, 1.54) is 77.2 Å². The van der Waals surface area contributed by atoms with E-state index >= 15 is 0 Å². The molecule has 0 atom stereocenters. The first kappa shape index (κ1) is 17.7. The highest BCUT2D eigenvalue weighted by molar-refractivity contribution is 4.81. The van der Waals surface area contributed by atoms with Gasteiger partial charge in [-0.2, -0.15) is 0 Å². The van der Waals surface area contributed by atoms with E-state index in [9.17, 15) is 0 Å². The third-order valence-corrected chi connectivity index (χ3v) is 3.38. The van der Waals surface area contributed by atoms with Crippen molar-refractivity contribution in [3.63, 3.8) is 0 Å². The van der Waals surface area contributed by atoms with Gasteiger partial charge in [-0.15, -0.1) is 0 Å². The second kappa shape index (κ2) is 14.8. The molecule has 0 aliphatic carbocycles. The summed E-state index contributed by atoms with van der Waals surface area (Å²) < 4.78 is 0. The van der Waals surface area contributed by atoms with Crippen molar-refractivity contribution in [3.05, 3.63) is 12.2 Å². The van der Waals surface area contributed by atoms with E-state index in [1.807, 2.05) is 0 Å². The molecule has 0 aliphatic rings. The molecule has 0 spiro atoms. The molecule has 18 heavy (non-hydrogen) atoms. The van der Waals surface area contributed by atoms with Crippen LogP contribution in [-0.4, -0.2) is 25.5 Å². The van der Waals surface area contributed by atoms with Crippen LogP contribution in [0.4, 0.5) is 0 Å². The summed E-state index contributed by atoms with van der Waals surface area (Å²) in [7, 11) is 4.27. The second-order valence-corrected chi connectivity index (χ2v) is 5.68. The van der Waals surface area contributed by atoms with Gasteiger partial charge in [0.1, 0.15) is 0 Å². The Morgan fingerprint density at radius 2 is 1.17 bits per heavy atom. The highest BCUT2D eigenvalue weighted by Crippen LogP contribution is 2.10. The monoisotopic (exact) mass is 253 g/mol. The molecule has 0 aromatic rings. The molecule has 108 valence electrons. The highest BCUT2D eigenvalue weighted by Gasteiger charge is 1.91. The Morgan fingerprint density at radius 1 is 0.667 bits per heavy atom. The van der Waals surface area contributed by atoms with Gasteiger partial charge in [0, 0.05) is 6.54 Å². The fourth-order valence-corrected chi connectivity index (χ4v) is 2.14. The molecule has 0 heterocycles. The van der Waals surface area contributed by atoms with Crippen LogP contribution in [0, 0.1) is 0 Å². The normalized spacial score (nSPS) is 11.8. The van der Waals surface area contributed by atoms with Gasteiger partial charge >= 0.3 is 0 Å². The van der Waals surface area contributed by atoms with E-state index < -0.39 is 0 Å². The van der Waals surface area contributed by atoms with E-state index in [2.05, 4.69) is 38.1 Å². The predicted molar refractivity (Wildman–Crippen MR) is 84.2 cm³/mol. The molecule has 0 saturated heterocycles. The van der Waals surface area contributed by atoms with Crippen molar-refractivity contribution in [1.29, 1.82) is 0 Å². The molecule has 1 nitrogen and oxygen atoms in total. The fraction of sp³-hybridized carbons (Fsp3) is 0.882. The lowest BCUT2D eigenvalue weighted by molar-refractivity contribution is 0.417. The molecule has 0 unspecified atom stereocenters. The first-order chi connectivity index (χ1) is 8.77. The fourth-order valence-electron chi connectivity index (χ4n) is 2.14. The zero-order valence-corrected chi connectivity index (χ0v) is 13.1. The Bertz CT molecular complexity index is 172. The Hall–Kier alpha value is -0.300. The molecule has 0 rings (SSSR count). The van der Waals surface area contributed by atoms with Crippen molar-refractivity contribution in [2.24, 2.45) is 0 Å². The number of hydrogen-bond acceptors (Lipinski definition) is 1. The SMILES string of the molecule is CCCCCCCCCCC/C=C/CCN(C)C. The summed E-state index contributed by atoms with van der Waals surface area (Å²) in [4.78, 5) is 2.24. The zero-order chi connectivity index (χ0) is 13.5. The van der Waals surface area contributed by atoms with Gasteiger partial charge in [0.2, 0.25) is 0 Å². The van der Waals surface area contributed by atoms with Gasteiger partial charge < -0.3 is 4.90 Å². The van der Waals surface area contributed by atoms with Crippen molar-refractivity contribution in [1.82, 2.24) is 4.90 Å². The molecule has 0 radical (unpaired) electrons. The van der Waals surface area contributed by atoms with E-state index in [4.69, 9.17) is 0 Å². The first-order valence-electron chi connectivity index (χ1n) is 8.07. The zero-order valence-electron chi connectivity index (χ0n) is 13.1. The molecular weight excluding hydrogens is 218 g/mol. The van der Waals surface area contributed by atoms with E-state index in [0.29, 0.717) is 0 Å². The van der Waals surface area contributed by atoms with Crippen molar-refractivity contribution in [2.75, 3.05) is 20.6 Å². The predicted octanol–water partition coefficient (Wildman–Crippen LogP) is 5.42. The molecular formula is C17H35N. The van der Waals surface area contributed by atoms with Crippen molar-refractivity contribution in [3.8, 4) is 0 Å². The van der Waals surface area contributed by atoms with Crippen LogP contribution in [0.25, 0.3) is 0 Å². The molecule has 0 saturated carbocycles. The number of rotatable bonds is 13. The third-order valence-electron chi connectivity index (χ3n) is 3.38. The van der Waals surface area contributed by atoms with E-state index in [1.54, 1.807) is 0 Å². The lowest BCUT2D eigenvalue weighted by Crippen LogP contribution is -2.11. The second-order valence-electron chi connectivity index (χ2n) is 5.68. The standard InChI is InChI=1S/C17H35N/c1-4-5-6-7-8-9-10-11-12-13-14-15-16-17-18(2)3/h14-15H,4-13,16-17H2,1-3H3/b15-14+. The smallest absolute Gasteiger partial charge is 0.000980 e. The van der Waals surface area contributed by atoms with Crippen LogP contribution in [-0.2, 0) is 0 Å². The van der Waals surface area contributed by atoms with Crippen molar-refractivity contribution >= 4 is 0 Å². The minimum Gasteiger partial charge on any atom is -0.309 e. The molecule has 0 amide bonds. The van der Waals surface area contributed by atoms with Gasteiger partial charge in [-0.05, 0) is 33.4 Å². The largest absolute Gasteiger partial charge is 0.309 e. The van der Waals surface area contributed by atoms with Crippen LogP contribution >= 0.6 is 0 Å². The minimum absolute atomic E-state index is 1.17. The maximum Gasteiger partial charge on any atom is 0.000980 e. The van der Waals surface area contributed by atoms with Gasteiger partial charge in [0.05, 0.1) is 0 Å². The average Bonchev–Trinajstić information content (AvgIpc) is 2.34. The average molecular weight is 253 g/mol. The van der Waals surface area contributed by atoms with Gasteiger partial charge in [0.25, 0.3) is 0 Å². The van der Waals surface area contributed by atoms with E-state index in [0.717, 1.165) is 0 Å². The van der Waals surface area contributed by atoms with Crippen LogP contribution in [0.2, 0.25) is 0 Å². The quantitative estimate of drug-likeness (QED) is 0.313. The first-order valence-corrected chi connectivity index (χ1v) is 8.07. The van der Waals surface area contributed by atoms with Gasteiger partial charge in [-0.1, -0.05) is 70.4 Å². The molecule has 0 aromatic heterocycles. The maximum atomic E-state index is 2.37. The molecule has 0 aliphatic heterocycles. The third kappa shape index (κ3) is 15.7. The van der Waals surface area contributed by atoms with Crippen molar-refractivity contribution in [2.45, 2.75) is 77.6 Å². The van der Waals surface area contributed by atoms with Gasteiger partial charge in [-0.3, -0.25) is 0 Å². The van der Waals surface area contributed by atoms with Crippen LogP contribution in [0.1, 0.15) is 77.6 Å². The molecule has 0 bridgehead atoms. The molecule has 1 heteroatoms. The summed E-state index contributed by atoms with van der Waals surface area (Å²) in [6.07, 6.45) is 20.0. The summed E-state index contributed by atoms with van der Waals surface area (Å²) in [5, 5.41) is 0. The minimum atomic E-state index is 1.17. The molecule has 0 fully saturated rings. The Balaban J connectivity index is 3.02. The molecule has 0 aromatic carbocycles. The number of allylic oxidation sites excluding steroid dienone is 1. The number of hydrogen-bond donors (Lipinski definition) is 0. The Morgan fingerprint density at radius 3 is 1.72 bits per heavy atom. The van der Waals surface area contributed by atoms with Crippen LogP contribution in [0.3, 0.4) is 0 Å². The lowest BCUT2D eigenvalue weighted by Gasteiger charge is -2.05. The van der Waals surface area contributed by atoms with Gasteiger partial charge in [-0.25, -0.2) is 0 Å². The van der Waals surface area contributed by atoms with Crippen molar-refractivity contribution < 1.29 is 0 Å². The highest BCUT2D eigenvalue weighted by atomic mass is 15.0. The van der Waals surface area contributed by atoms with E-state index in [-0.39, 0.29) is 0 Å². The summed E-state index contributed by atoms with van der Waals surface area (Å²) >= 11 is 0. The Kier molecular flexibility index (Phi) is 14.5. The summed E-state index contributed by atoms with van der Waals surface area (Å²) in [5.74, 6) is 0. The Labute approximate surface area is 116 Å². The lowest BCUT2D eigenvalue weighted by atomic mass is 10.1. The summed E-state index contributed by atoms with van der Waals surface area (Å²) in [6, 6.07) is 0. The molecule has 0 N–H and O–H groups in total. The maximum absolute atomic E-state index is 2.37.